The van der Waals surface area contributed by atoms with Crippen molar-refractivity contribution in [3.63, 3.8) is 0 Å². The maximum Gasteiger partial charge on any atom is 0.258 e. The monoisotopic (exact) mass is 444 g/mol. The van der Waals surface area contributed by atoms with Crippen molar-refractivity contribution < 1.29 is 4.79 Å². The van der Waals surface area contributed by atoms with Gasteiger partial charge < -0.3 is 14.4 Å². The SMILES string of the molecule is CN(CC1CCCN2CCCCC12)C(=O)c1cn(Cc2ccncc2)c(=O)c2ccccc12. The molecule has 0 saturated carbocycles. The average Bonchev–Trinajstić information content (AvgIpc) is 2.86. The first-order valence-corrected chi connectivity index (χ1v) is 12.1. The predicted octanol–water partition coefficient (Wildman–Crippen LogP) is 3.78. The zero-order valence-corrected chi connectivity index (χ0v) is 19.3. The van der Waals surface area contributed by atoms with Crippen LogP contribution in [0, 0.1) is 5.92 Å². The zero-order valence-electron chi connectivity index (χ0n) is 19.3. The number of pyridine rings is 2. The number of carbonyl (C=O) groups is 1. The summed E-state index contributed by atoms with van der Waals surface area (Å²) in [6.45, 7) is 3.57. The van der Waals surface area contributed by atoms with E-state index in [9.17, 15) is 9.59 Å². The fraction of sp³-hybridized carbons (Fsp3) is 0.444. The van der Waals surface area contributed by atoms with Crippen LogP contribution in [0.3, 0.4) is 0 Å². The molecule has 2 aromatic heterocycles. The van der Waals surface area contributed by atoms with Crippen LogP contribution in [0.4, 0.5) is 0 Å². The van der Waals surface area contributed by atoms with Gasteiger partial charge in [0.2, 0.25) is 0 Å². The van der Waals surface area contributed by atoms with Crippen LogP contribution in [-0.2, 0) is 6.54 Å². The number of aromatic nitrogens is 2. The van der Waals surface area contributed by atoms with Crippen LogP contribution in [0.1, 0.15) is 48.0 Å². The second kappa shape index (κ2) is 9.48. The third-order valence-electron chi connectivity index (χ3n) is 7.41. The number of hydrogen-bond donors (Lipinski definition) is 0. The first kappa shape index (κ1) is 21.8. The molecule has 2 fully saturated rings. The van der Waals surface area contributed by atoms with E-state index in [1.54, 1.807) is 23.2 Å². The number of piperidine rings is 2. The number of amides is 1. The van der Waals surface area contributed by atoms with Gasteiger partial charge in [-0.3, -0.25) is 14.6 Å². The van der Waals surface area contributed by atoms with E-state index in [0.717, 1.165) is 17.5 Å². The Labute approximate surface area is 194 Å². The van der Waals surface area contributed by atoms with Gasteiger partial charge in [-0.15, -0.1) is 0 Å². The summed E-state index contributed by atoms with van der Waals surface area (Å²) in [5.41, 5.74) is 1.50. The summed E-state index contributed by atoms with van der Waals surface area (Å²) >= 11 is 0. The normalized spacial score (nSPS) is 21.0. The van der Waals surface area contributed by atoms with Gasteiger partial charge in [0.25, 0.3) is 11.5 Å². The van der Waals surface area contributed by atoms with Crippen molar-refractivity contribution in [2.24, 2.45) is 5.92 Å². The Morgan fingerprint density at radius 3 is 2.61 bits per heavy atom. The van der Waals surface area contributed by atoms with Gasteiger partial charge in [0.1, 0.15) is 0 Å². The highest BCUT2D eigenvalue weighted by molar-refractivity contribution is 6.06. The van der Waals surface area contributed by atoms with Crippen LogP contribution in [0.2, 0.25) is 0 Å². The molecule has 1 aromatic carbocycles. The minimum absolute atomic E-state index is 0.0115. The largest absolute Gasteiger partial charge is 0.341 e. The molecule has 6 heteroatoms. The van der Waals surface area contributed by atoms with Crippen LogP contribution >= 0.6 is 0 Å². The summed E-state index contributed by atoms with van der Waals surface area (Å²) in [6, 6.07) is 11.9. The number of benzene rings is 1. The molecule has 2 unspecified atom stereocenters. The van der Waals surface area contributed by atoms with E-state index < -0.39 is 0 Å². The molecule has 1 amide bonds. The molecule has 5 rings (SSSR count). The van der Waals surface area contributed by atoms with Crippen LogP contribution in [0.25, 0.3) is 10.8 Å². The number of fused-ring (bicyclic) bond motifs is 2. The molecule has 2 aliphatic heterocycles. The Hall–Kier alpha value is -2.99. The second-order valence-electron chi connectivity index (χ2n) is 9.56. The van der Waals surface area contributed by atoms with Crippen molar-refractivity contribution in [3.05, 3.63) is 76.5 Å². The van der Waals surface area contributed by atoms with E-state index in [1.165, 1.54) is 45.2 Å². The van der Waals surface area contributed by atoms with Gasteiger partial charge in [0.15, 0.2) is 0 Å². The van der Waals surface area contributed by atoms with Crippen LogP contribution in [0.5, 0.6) is 0 Å². The number of rotatable bonds is 5. The summed E-state index contributed by atoms with van der Waals surface area (Å²) in [5, 5.41) is 1.31. The molecule has 0 bridgehead atoms. The standard InChI is InChI=1S/C27H32N4O2/c1-29(18-21-7-6-16-30-15-5-4-10-25(21)30)26(32)24-19-31(17-20-11-13-28-14-12-20)27(33)23-9-3-2-8-22(23)24/h2-3,8-9,11-14,19,21,25H,4-7,10,15-18H2,1H3. The molecule has 33 heavy (non-hydrogen) atoms. The molecule has 2 aliphatic rings. The smallest absolute Gasteiger partial charge is 0.258 e. The van der Waals surface area contributed by atoms with E-state index in [2.05, 4.69) is 9.88 Å². The first-order chi connectivity index (χ1) is 16.1. The van der Waals surface area contributed by atoms with Crippen LogP contribution in [0.15, 0.2) is 59.8 Å². The summed E-state index contributed by atoms with van der Waals surface area (Å²) in [7, 11) is 1.91. The number of hydrogen-bond acceptors (Lipinski definition) is 4. The zero-order chi connectivity index (χ0) is 22.8. The first-order valence-electron chi connectivity index (χ1n) is 12.1. The second-order valence-corrected chi connectivity index (χ2v) is 9.56. The summed E-state index contributed by atoms with van der Waals surface area (Å²) < 4.78 is 1.65. The fourth-order valence-electron chi connectivity index (χ4n) is 5.75. The molecule has 6 nitrogen and oxygen atoms in total. The summed E-state index contributed by atoms with van der Waals surface area (Å²) in [4.78, 5) is 35.4. The Balaban J connectivity index is 1.44. The van der Waals surface area contributed by atoms with Gasteiger partial charge in [-0.05, 0) is 68.5 Å². The van der Waals surface area contributed by atoms with Crippen LogP contribution < -0.4 is 5.56 Å². The molecule has 2 atom stereocenters. The van der Waals surface area contributed by atoms with E-state index >= 15 is 0 Å². The Kier molecular flexibility index (Phi) is 6.27. The van der Waals surface area contributed by atoms with E-state index in [0.29, 0.717) is 29.5 Å². The van der Waals surface area contributed by atoms with Crippen molar-refractivity contribution in [2.45, 2.75) is 44.7 Å². The lowest BCUT2D eigenvalue weighted by molar-refractivity contribution is 0.0403. The molecule has 2 saturated heterocycles. The molecule has 0 spiro atoms. The summed E-state index contributed by atoms with van der Waals surface area (Å²) in [5.74, 6) is 0.504. The third-order valence-corrected chi connectivity index (χ3v) is 7.41. The van der Waals surface area contributed by atoms with E-state index in [-0.39, 0.29) is 11.5 Å². The van der Waals surface area contributed by atoms with Crippen molar-refractivity contribution in [3.8, 4) is 0 Å². The van der Waals surface area contributed by atoms with Crippen molar-refractivity contribution in [2.75, 3.05) is 26.7 Å². The minimum Gasteiger partial charge on any atom is -0.341 e. The third kappa shape index (κ3) is 4.44. The van der Waals surface area contributed by atoms with Gasteiger partial charge in [-0.1, -0.05) is 24.6 Å². The quantitative estimate of drug-likeness (QED) is 0.601. The molecule has 0 aliphatic carbocycles. The Morgan fingerprint density at radius 2 is 1.79 bits per heavy atom. The van der Waals surface area contributed by atoms with Crippen molar-refractivity contribution in [1.82, 2.24) is 19.4 Å². The maximum atomic E-state index is 13.7. The van der Waals surface area contributed by atoms with Gasteiger partial charge in [0.05, 0.1) is 12.1 Å². The highest BCUT2D eigenvalue weighted by atomic mass is 16.2. The number of nitrogens with zero attached hydrogens (tertiary/aromatic N) is 4. The van der Waals surface area contributed by atoms with Crippen molar-refractivity contribution in [1.29, 1.82) is 0 Å². The van der Waals surface area contributed by atoms with Gasteiger partial charge in [0, 0.05) is 49.0 Å². The van der Waals surface area contributed by atoms with Gasteiger partial charge in [-0.2, -0.15) is 0 Å². The van der Waals surface area contributed by atoms with E-state index in [1.807, 2.05) is 48.3 Å². The lowest BCUT2D eigenvalue weighted by Gasteiger charge is -2.45. The highest BCUT2D eigenvalue weighted by Gasteiger charge is 2.34. The lowest BCUT2D eigenvalue weighted by Crippen LogP contribution is -2.51. The van der Waals surface area contributed by atoms with Crippen molar-refractivity contribution >= 4 is 16.7 Å². The Bertz CT molecular complexity index is 1190. The molecular formula is C27H32N4O2. The molecule has 172 valence electrons. The molecule has 0 N–H and O–H groups in total. The predicted molar refractivity (Wildman–Crippen MR) is 130 cm³/mol. The molecule has 3 aromatic rings. The lowest BCUT2D eigenvalue weighted by atomic mass is 9.83. The van der Waals surface area contributed by atoms with Gasteiger partial charge in [-0.25, -0.2) is 0 Å². The minimum atomic E-state index is -0.0771. The topological polar surface area (TPSA) is 58.4 Å². The molecular weight excluding hydrogens is 412 g/mol. The number of carbonyl (C=O) groups excluding carboxylic acids is 1. The van der Waals surface area contributed by atoms with Gasteiger partial charge >= 0.3 is 0 Å². The Morgan fingerprint density at radius 1 is 1.03 bits per heavy atom. The highest BCUT2D eigenvalue weighted by Crippen LogP contribution is 2.31. The molecule has 0 radical (unpaired) electrons. The summed E-state index contributed by atoms with van der Waals surface area (Å²) in [6.07, 6.45) is 11.4. The maximum absolute atomic E-state index is 13.7. The van der Waals surface area contributed by atoms with Crippen LogP contribution in [-0.4, -0.2) is 58.0 Å². The average molecular weight is 445 g/mol. The molecule has 4 heterocycles. The van der Waals surface area contributed by atoms with E-state index in [4.69, 9.17) is 0 Å². The fourth-order valence-corrected chi connectivity index (χ4v) is 5.75.